The zero-order valence-corrected chi connectivity index (χ0v) is 18.6. The second-order valence-corrected chi connectivity index (χ2v) is 8.92. The molecular weight excluding hydrogens is 450 g/mol. The van der Waals surface area contributed by atoms with Crippen molar-refractivity contribution in [2.45, 2.75) is 17.5 Å². The Balaban J connectivity index is 1.43. The molecule has 6 nitrogen and oxygen atoms in total. The molecule has 5 aromatic rings. The van der Waals surface area contributed by atoms with E-state index in [0.29, 0.717) is 29.1 Å². The molecule has 0 amide bonds. The molecule has 3 aromatic heterocycles. The van der Waals surface area contributed by atoms with E-state index < -0.39 is 0 Å². The number of thiophene rings is 1. The highest BCUT2D eigenvalue weighted by Crippen LogP contribution is 2.31. The van der Waals surface area contributed by atoms with E-state index >= 15 is 0 Å². The standard InChI is InChI=1S/C22H16ClN5OS2/c23-17-10-5-4-9-16(17)20-25-27-22(28(20)13-15-7-2-1-3-8-15)31-14-19-24-26-21(29-19)18-11-6-12-30-18/h1-12H,13-14H2. The van der Waals surface area contributed by atoms with Crippen LogP contribution < -0.4 is 0 Å². The number of halogens is 1. The Morgan fingerprint density at radius 1 is 0.903 bits per heavy atom. The quantitative estimate of drug-likeness (QED) is 0.272. The number of benzene rings is 2. The summed E-state index contributed by atoms with van der Waals surface area (Å²) < 4.78 is 7.87. The van der Waals surface area contributed by atoms with Crippen LogP contribution in [0.25, 0.3) is 22.2 Å². The summed E-state index contributed by atoms with van der Waals surface area (Å²) in [4.78, 5) is 0.956. The minimum absolute atomic E-state index is 0.494. The lowest BCUT2D eigenvalue weighted by molar-refractivity contribution is 0.529. The van der Waals surface area contributed by atoms with Crippen molar-refractivity contribution in [2.75, 3.05) is 0 Å². The molecule has 0 atom stereocenters. The molecule has 0 aliphatic carbocycles. The molecule has 0 fully saturated rings. The highest BCUT2D eigenvalue weighted by Gasteiger charge is 2.18. The fraction of sp³-hybridized carbons (Fsp3) is 0.0909. The smallest absolute Gasteiger partial charge is 0.257 e. The number of hydrogen-bond donors (Lipinski definition) is 0. The Kier molecular flexibility index (Phi) is 5.84. The maximum absolute atomic E-state index is 6.45. The molecule has 0 bridgehead atoms. The molecule has 5 rings (SSSR count). The maximum atomic E-state index is 6.45. The second-order valence-electron chi connectivity index (χ2n) is 6.62. The van der Waals surface area contributed by atoms with Crippen LogP contribution in [0, 0.1) is 0 Å². The third-order valence-electron chi connectivity index (χ3n) is 4.54. The SMILES string of the molecule is Clc1ccccc1-c1nnc(SCc2nnc(-c3cccs3)o2)n1Cc1ccccc1. The predicted molar refractivity (Wildman–Crippen MR) is 123 cm³/mol. The van der Waals surface area contributed by atoms with Gasteiger partial charge in [-0.15, -0.1) is 31.7 Å². The van der Waals surface area contributed by atoms with Crippen LogP contribution in [-0.4, -0.2) is 25.0 Å². The van der Waals surface area contributed by atoms with Gasteiger partial charge in [0.15, 0.2) is 11.0 Å². The lowest BCUT2D eigenvalue weighted by Crippen LogP contribution is -2.04. The number of nitrogens with zero attached hydrogens (tertiary/aromatic N) is 5. The summed E-state index contributed by atoms with van der Waals surface area (Å²) in [6.07, 6.45) is 0. The molecule has 0 saturated carbocycles. The Morgan fingerprint density at radius 3 is 2.55 bits per heavy atom. The predicted octanol–water partition coefficient (Wildman–Crippen LogP) is 6.05. The first-order valence-electron chi connectivity index (χ1n) is 9.49. The van der Waals surface area contributed by atoms with Gasteiger partial charge in [0.2, 0.25) is 5.89 Å². The Bertz CT molecular complexity index is 1280. The van der Waals surface area contributed by atoms with Gasteiger partial charge in [0.25, 0.3) is 5.89 Å². The van der Waals surface area contributed by atoms with Crippen molar-refractivity contribution >= 4 is 34.7 Å². The van der Waals surface area contributed by atoms with E-state index in [0.717, 1.165) is 27.0 Å². The van der Waals surface area contributed by atoms with E-state index in [2.05, 4.69) is 37.1 Å². The molecule has 154 valence electrons. The van der Waals surface area contributed by atoms with Gasteiger partial charge in [0.1, 0.15) is 0 Å². The van der Waals surface area contributed by atoms with Gasteiger partial charge in [-0.3, -0.25) is 4.57 Å². The first-order chi connectivity index (χ1) is 15.3. The van der Waals surface area contributed by atoms with Crippen LogP contribution in [0.15, 0.2) is 81.7 Å². The molecule has 9 heteroatoms. The minimum atomic E-state index is 0.494. The zero-order chi connectivity index (χ0) is 21.0. The van der Waals surface area contributed by atoms with Gasteiger partial charge in [-0.2, -0.15) is 0 Å². The van der Waals surface area contributed by atoms with E-state index in [1.807, 2.05) is 60.0 Å². The van der Waals surface area contributed by atoms with Crippen LogP contribution in [0.2, 0.25) is 5.02 Å². The summed E-state index contributed by atoms with van der Waals surface area (Å²) in [6.45, 7) is 0.626. The van der Waals surface area contributed by atoms with Gasteiger partial charge in [0.05, 0.1) is 22.2 Å². The third-order valence-corrected chi connectivity index (χ3v) is 6.68. The average Bonchev–Trinajstić information content (AvgIpc) is 3.55. The van der Waals surface area contributed by atoms with Gasteiger partial charge < -0.3 is 4.42 Å². The van der Waals surface area contributed by atoms with Gasteiger partial charge in [-0.25, -0.2) is 0 Å². The summed E-state index contributed by atoms with van der Waals surface area (Å²) in [5.74, 6) is 2.30. The van der Waals surface area contributed by atoms with Crippen LogP contribution in [0.1, 0.15) is 11.5 Å². The van der Waals surface area contributed by atoms with Crippen LogP contribution in [0.5, 0.6) is 0 Å². The van der Waals surface area contributed by atoms with Gasteiger partial charge in [-0.1, -0.05) is 71.9 Å². The molecule has 3 heterocycles. The fourth-order valence-electron chi connectivity index (χ4n) is 3.08. The van der Waals surface area contributed by atoms with Crippen LogP contribution >= 0.6 is 34.7 Å². The van der Waals surface area contributed by atoms with Crippen LogP contribution in [0.4, 0.5) is 0 Å². The molecule has 2 aromatic carbocycles. The molecule has 31 heavy (non-hydrogen) atoms. The largest absolute Gasteiger partial charge is 0.419 e. The number of hydrogen-bond acceptors (Lipinski definition) is 7. The first kappa shape index (κ1) is 20.0. The van der Waals surface area contributed by atoms with Crippen LogP contribution in [0.3, 0.4) is 0 Å². The number of rotatable bonds is 7. The average molecular weight is 466 g/mol. The zero-order valence-electron chi connectivity index (χ0n) is 16.2. The summed E-state index contributed by atoms with van der Waals surface area (Å²) in [7, 11) is 0. The van der Waals surface area contributed by atoms with Crippen molar-refractivity contribution < 1.29 is 4.42 Å². The summed E-state index contributed by atoms with van der Waals surface area (Å²) in [5.41, 5.74) is 1.99. The minimum Gasteiger partial charge on any atom is -0.419 e. The van der Waals surface area contributed by atoms with Gasteiger partial charge in [-0.05, 0) is 29.1 Å². The highest BCUT2D eigenvalue weighted by molar-refractivity contribution is 7.98. The summed E-state index contributed by atoms with van der Waals surface area (Å²) in [5, 5.41) is 20.6. The molecule has 0 saturated heterocycles. The van der Waals surface area contributed by atoms with Crippen molar-refractivity contribution in [3.8, 4) is 22.2 Å². The molecule has 0 aliphatic rings. The van der Waals surface area contributed by atoms with Crippen molar-refractivity contribution in [1.29, 1.82) is 0 Å². The lowest BCUT2D eigenvalue weighted by atomic mass is 10.2. The maximum Gasteiger partial charge on any atom is 0.257 e. The van der Waals surface area contributed by atoms with Crippen molar-refractivity contribution in [3.05, 3.63) is 88.6 Å². The van der Waals surface area contributed by atoms with E-state index in [4.69, 9.17) is 16.0 Å². The molecule has 0 aliphatic heterocycles. The molecule has 0 radical (unpaired) electrons. The summed E-state index contributed by atoms with van der Waals surface area (Å²) >= 11 is 9.52. The van der Waals surface area contributed by atoms with Gasteiger partial charge in [0, 0.05) is 5.56 Å². The molecular formula is C22H16ClN5OS2. The fourth-order valence-corrected chi connectivity index (χ4v) is 4.72. The molecule has 0 spiro atoms. The second kappa shape index (κ2) is 9.05. The summed E-state index contributed by atoms with van der Waals surface area (Å²) in [6, 6.07) is 21.8. The molecule has 0 N–H and O–H groups in total. The highest BCUT2D eigenvalue weighted by atomic mass is 35.5. The first-order valence-corrected chi connectivity index (χ1v) is 11.7. The lowest BCUT2D eigenvalue weighted by Gasteiger charge is -2.11. The Hall–Kier alpha value is -2.94. The Morgan fingerprint density at radius 2 is 1.74 bits per heavy atom. The van der Waals surface area contributed by atoms with E-state index in [-0.39, 0.29) is 0 Å². The third kappa shape index (κ3) is 4.41. The van der Waals surface area contributed by atoms with Crippen molar-refractivity contribution in [1.82, 2.24) is 25.0 Å². The van der Waals surface area contributed by atoms with E-state index in [9.17, 15) is 0 Å². The topological polar surface area (TPSA) is 69.6 Å². The number of aromatic nitrogens is 5. The molecule has 0 unspecified atom stereocenters. The van der Waals surface area contributed by atoms with Crippen molar-refractivity contribution in [3.63, 3.8) is 0 Å². The normalized spacial score (nSPS) is 11.1. The van der Waals surface area contributed by atoms with Gasteiger partial charge >= 0.3 is 0 Å². The van der Waals surface area contributed by atoms with E-state index in [1.54, 1.807) is 11.3 Å². The van der Waals surface area contributed by atoms with Crippen molar-refractivity contribution in [2.24, 2.45) is 0 Å². The van der Waals surface area contributed by atoms with E-state index in [1.165, 1.54) is 11.8 Å². The van der Waals surface area contributed by atoms with Crippen LogP contribution in [-0.2, 0) is 12.3 Å². The monoisotopic (exact) mass is 465 g/mol. The Labute approximate surface area is 191 Å². The number of thioether (sulfide) groups is 1.